The number of rotatable bonds is 5. The second-order valence-corrected chi connectivity index (χ2v) is 19.6. The number of carbonyl (C=O) groups is 4. The van der Waals surface area contributed by atoms with Crippen molar-refractivity contribution in [1.29, 1.82) is 0 Å². The Hall–Kier alpha value is -1.92. The summed E-state index contributed by atoms with van der Waals surface area (Å²) < 4.78 is 12.2. The van der Waals surface area contributed by atoms with E-state index in [2.05, 4.69) is 20.8 Å². The minimum atomic E-state index is -0.651. The molecule has 7 nitrogen and oxygen atoms in total. The van der Waals surface area contributed by atoms with Crippen LogP contribution in [0.2, 0.25) is 0 Å². The predicted molar refractivity (Wildman–Crippen MR) is 168 cm³/mol. The fourth-order valence-electron chi connectivity index (χ4n) is 17.8. The van der Waals surface area contributed by atoms with Crippen LogP contribution in [0.3, 0.4) is 0 Å². The summed E-state index contributed by atoms with van der Waals surface area (Å²) in [4.78, 5) is 53.2. The number of carbonyl (C=O) groups excluding carboxylic acids is 3. The standard InChI is InChI=1S/C40H52O7/c1-15-17-9-24(26(10-17)36(43)47-39(3)13-27-19-5-4-6-20(19)28-14-40(27,28)39)30(15)32-22-8-7-21(33-34(22)38(45)46-37(33)44)31(32)29-16(2)23-11-18(29)12-25(23)35(41)42/h15-34H,4-14H2,1-3H3,(H,41,42). The summed E-state index contributed by atoms with van der Waals surface area (Å²) in [6, 6.07) is 0. The summed E-state index contributed by atoms with van der Waals surface area (Å²) >= 11 is 0. The van der Waals surface area contributed by atoms with Crippen LogP contribution in [0.4, 0.5) is 0 Å². The number of hydrogen-bond acceptors (Lipinski definition) is 6. The van der Waals surface area contributed by atoms with E-state index in [1.54, 1.807) is 0 Å². The van der Waals surface area contributed by atoms with Crippen molar-refractivity contribution in [2.75, 3.05) is 0 Å². The quantitative estimate of drug-likeness (QED) is 0.279. The van der Waals surface area contributed by atoms with Gasteiger partial charge < -0.3 is 14.6 Å². The van der Waals surface area contributed by atoms with Crippen LogP contribution in [0.5, 0.6) is 0 Å². The zero-order valence-corrected chi connectivity index (χ0v) is 28.2. The average Bonchev–Trinajstić information content (AvgIpc) is 3.70. The van der Waals surface area contributed by atoms with Gasteiger partial charge in [-0.15, -0.1) is 0 Å². The van der Waals surface area contributed by atoms with E-state index in [0.29, 0.717) is 41.4 Å². The molecule has 47 heavy (non-hydrogen) atoms. The maximum Gasteiger partial charge on any atom is 0.317 e. The maximum atomic E-state index is 14.4. The fraction of sp³-hybridized carbons (Fsp3) is 0.900. The number of fused-ring (bicyclic) bond motifs is 9. The van der Waals surface area contributed by atoms with Gasteiger partial charge in [0.2, 0.25) is 0 Å². The van der Waals surface area contributed by atoms with Crippen LogP contribution in [0.1, 0.15) is 91.4 Å². The molecule has 1 N–H and O–H groups in total. The van der Waals surface area contributed by atoms with E-state index in [-0.39, 0.29) is 82.2 Å². The zero-order chi connectivity index (χ0) is 32.0. The molecule has 12 fully saturated rings. The smallest absolute Gasteiger partial charge is 0.317 e. The second-order valence-electron chi connectivity index (χ2n) is 19.6. The Balaban J connectivity index is 0.912. The predicted octanol–water partition coefficient (Wildman–Crippen LogP) is 6.23. The number of carboxylic acids is 1. The Morgan fingerprint density at radius 3 is 1.96 bits per heavy atom. The van der Waals surface area contributed by atoms with Crippen LogP contribution in [-0.4, -0.2) is 34.6 Å². The van der Waals surface area contributed by atoms with Crippen molar-refractivity contribution < 1.29 is 33.8 Å². The topological polar surface area (TPSA) is 107 Å². The molecule has 12 rings (SSSR count). The molecule has 22 atom stereocenters. The van der Waals surface area contributed by atoms with Crippen LogP contribution in [0, 0.1) is 124 Å². The zero-order valence-electron chi connectivity index (χ0n) is 28.2. The van der Waals surface area contributed by atoms with Gasteiger partial charge in [0.05, 0.1) is 23.7 Å². The van der Waals surface area contributed by atoms with Crippen LogP contribution in [0.25, 0.3) is 0 Å². The van der Waals surface area contributed by atoms with Crippen molar-refractivity contribution in [3.63, 3.8) is 0 Å². The molecule has 1 saturated heterocycles. The molecule has 11 saturated carbocycles. The first kappa shape index (κ1) is 28.9. The second kappa shape index (κ2) is 9.05. The number of hydrogen-bond donors (Lipinski definition) is 1. The Kier molecular flexibility index (Phi) is 5.56. The maximum absolute atomic E-state index is 14.4. The van der Waals surface area contributed by atoms with Gasteiger partial charge in [0, 0.05) is 5.41 Å². The van der Waals surface area contributed by atoms with E-state index in [1.807, 2.05) is 0 Å². The number of cyclic esters (lactones) is 2. The molecule has 1 spiro atoms. The van der Waals surface area contributed by atoms with Gasteiger partial charge in [-0.1, -0.05) is 20.3 Å². The van der Waals surface area contributed by atoms with Crippen LogP contribution >= 0.6 is 0 Å². The molecule has 12 aliphatic rings. The molecule has 0 aromatic carbocycles. The highest BCUT2D eigenvalue weighted by Gasteiger charge is 2.84. The summed E-state index contributed by atoms with van der Waals surface area (Å²) in [6.45, 7) is 6.98. The van der Waals surface area contributed by atoms with Crippen LogP contribution in [0.15, 0.2) is 0 Å². The van der Waals surface area contributed by atoms with E-state index >= 15 is 0 Å². The van der Waals surface area contributed by atoms with Gasteiger partial charge in [-0.25, -0.2) is 0 Å². The highest BCUT2D eigenvalue weighted by atomic mass is 16.6. The lowest BCUT2D eigenvalue weighted by molar-refractivity contribution is -0.209. The average molecular weight is 645 g/mol. The third kappa shape index (κ3) is 3.25. The molecule has 0 amide bonds. The van der Waals surface area contributed by atoms with Crippen molar-refractivity contribution >= 4 is 23.9 Å². The number of carboxylic acid groups (broad SMARTS) is 1. The molecule has 1 aliphatic heterocycles. The number of esters is 3. The first-order chi connectivity index (χ1) is 22.5. The number of ether oxygens (including phenoxy) is 2. The molecular formula is C40H52O7. The van der Waals surface area contributed by atoms with E-state index in [4.69, 9.17) is 9.47 Å². The van der Waals surface area contributed by atoms with Crippen molar-refractivity contribution in [1.82, 2.24) is 0 Å². The first-order valence-corrected chi connectivity index (χ1v) is 19.7. The highest BCUT2D eigenvalue weighted by Crippen LogP contribution is 2.86. The minimum Gasteiger partial charge on any atom is -0.481 e. The summed E-state index contributed by atoms with van der Waals surface area (Å²) in [5.74, 6) is 4.81. The SMILES string of the molecule is CC1C2CC(CC2C(=O)O)C1C1C2CCC(C3C(=O)OC(=O)C23)C1C1C(C)C2CC(C(=O)OC3(C)CC4C5CCCC5C5CC453)C1C2. The normalized spacial score (nSPS) is 63.0. The Bertz CT molecular complexity index is 1480. The van der Waals surface area contributed by atoms with Crippen LogP contribution in [-0.2, 0) is 28.7 Å². The lowest BCUT2D eigenvalue weighted by atomic mass is 9.42. The van der Waals surface area contributed by atoms with Gasteiger partial charge in [-0.3, -0.25) is 19.2 Å². The summed E-state index contributed by atoms with van der Waals surface area (Å²) in [5.41, 5.74) is -0.0218. The molecule has 0 aromatic heterocycles. The van der Waals surface area contributed by atoms with Gasteiger partial charge in [-0.05, 0) is 166 Å². The Labute approximate surface area is 278 Å². The van der Waals surface area contributed by atoms with E-state index < -0.39 is 5.97 Å². The fourth-order valence-corrected chi connectivity index (χ4v) is 17.8. The lowest BCUT2D eigenvalue weighted by Crippen LogP contribution is -2.60. The van der Waals surface area contributed by atoms with E-state index in [9.17, 15) is 24.3 Å². The molecular weight excluding hydrogens is 592 g/mol. The van der Waals surface area contributed by atoms with Crippen molar-refractivity contribution in [3.8, 4) is 0 Å². The van der Waals surface area contributed by atoms with Crippen molar-refractivity contribution in [3.05, 3.63) is 0 Å². The van der Waals surface area contributed by atoms with Crippen molar-refractivity contribution in [2.24, 2.45) is 124 Å². The molecule has 22 unspecified atom stereocenters. The summed E-state index contributed by atoms with van der Waals surface area (Å²) in [5, 5.41) is 10.0. The third-order valence-electron chi connectivity index (χ3n) is 19.1. The molecule has 7 heteroatoms. The number of aliphatic carboxylic acids is 1. The first-order valence-electron chi connectivity index (χ1n) is 19.7. The van der Waals surface area contributed by atoms with Crippen LogP contribution < -0.4 is 0 Å². The Morgan fingerprint density at radius 1 is 0.702 bits per heavy atom. The summed E-state index contributed by atoms with van der Waals surface area (Å²) in [7, 11) is 0. The van der Waals surface area contributed by atoms with E-state index in [1.165, 1.54) is 25.7 Å². The highest BCUT2D eigenvalue weighted by molar-refractivity contribution is 5.97. The van der Waals surface area contributed by atoms with Crippen molar-refractivity contribution in [2.45, 2.75) is 97.0 Å². The summed E-state index contributed by atoms with van der Waals surface area (Å²) in [6.07, 6.45) is 12.1. The third-order valence-corrected chi connectivity index (χ3v) is 19.1. The van der Waals surface area contributed by atoms with Gasteiger partial charge in [-0.2, -0.15) is 0 Å². The molecule has 11 aliphatic carbocycles. The van der Waals surface area contributed by atoms with E-state index in [0.717, 1.165) is 68.6 Å². The molecule has 1 heterocycles. The molecule has 0 radical (unpaired) electrons. The Morgan fingerprint density at radius 2 is 1.32 bits per heavy atom. The molecule has 6 bridgehead atoms. The minimum absolute atomic E-state index is 0.0607. The molecule has 254 valence electrons. The monoisotopic (exact) mass is 644 g/mol. The lowest BCUT2D eigenvalue weighted by Gasteiger charge is -2.60. The largest absolute Gasteiger partial charge is 0.481 e. The van der Waals surface area contributed by atoms with Gasteiger partial charge in [0.25, 0.3) is 0 Å². The van der Waals surface area contributed by atoms with Gasteiger partial charge >= 0.3 is 23.9 Å². The van der Waals surface area contributed by atoms with Gasteiger partial charge in [0.15, 0.2) is 0 Å². The molecule has 0 aromatic rings. The van der Waals surface area contributed by atoms with Gasteiger partial charge in [0.1, 0.15) is 5.60 Å².